The van der Waals surface area contributed by atoms with Crippen LogP contribution in [0.2, 0.25) is 0 Å². The van der Waals surface area contributed by atoms with Crippen molar-refractivity contribution in [3.05, 3.63) is 63.6 Å². The SMILES string of the molecule is CCN1CCN(Cc2ccc(NC(=O)CCN3C(=O)c4ccc(Br)cc4C3=O)cc2)CC1. The Labute approximate surface area is 196 Å². The van der Waals surface area contributed by atoms with Crippen LogP contribution >= 0.6 is 15.9 Å². The minimum absolute atomic E-state index is 0.0517. The summed E-state index contributed by atoms with van der Waals surface area (Å²) >= 11 is 3.32. The van der Waals surface area contributed by atoms with Gasteiger partial charge in [-0.3, -0.25) is 24.2 Å². The maximum atomic E-state index is 12.5. The molecule has 2 aromatic rings. The summed E-state index contributed by atoms with van der Waals surface area (Å²) in [5.41, 5.74) is 2.67. The number of nitrogens with zero attached hydrogens (tertiary/aromatic N) is 3. The molecule has 2 aliphatic rings. The van der Waals surface area contributed by atoms with Crippen molar-refractivity contribution in [3.8, 4) is 0 Å². The normalized spacial score (nSPS) is 17.0. The van der Waals surface area contributed by atoms with Crippen LogP contribution in [0.25, 0.3) is 0 Å². The van der Waals surface area contributed by atoms with Crippen molar-refractivity contribution < 1.29 is 14.4 Å². The third kappa shape index (κ3) is 5.09. The van der Waals surface area contributed by atoms with Gasteiger partial charge < -0.3 is 10.2 Å². The fourth-order valence-corrected chi connectivity index (χ4v) is 4.48. The zero-order chi connectivity index (χ0) is 22.7. The largest absolute Gasteiger partial charge is 0.326 e. The molecule has 32 heavy (non-hydrogen) atoms. The van der Waals surface area contributed by atoms with E-state index in [2.05, 4.69) is 38.0 Å². The number of amides is 3. The van der Waals surface area contributed by atoms with Gasteiger partial charge >= 0.3 is 0 Å². The predicted octanol–water partition coefficient (Wildman–Crippen LogP) is 3.21. The Kier molecular flexibility index (Phi) is 7.03. The van der Waals surface area contributed by atoms with Crippen molar-refractivity contribution in [2.24, 2.45) is 0 Å². The second kappa shape index (κ2) is 9.94. The molecule has 0 aromatic heterocycles. The number of halogens is 1. The lowest BCUT2D eigenvalue weighted by molar-refractivity contribution is -0.116. The van der Waals surface area contributed by atoms with Gasteiger partial charge in [-0.1, -0.05) is 35.0 Å². The molecule has 4 rings (SSSR count). The molecule has 2 heterocycles. The van der Waals surface area contributed by atoms with E-state index in [0.29, 0.717) is 16.8 Å². The number of piperazine rings is 1. The molecule has 0 radical (unpaired) electrons. The smallest absolute Gasteiger partial charge is 0.261 e. The topological polar surface area (TPSA) is 73.0 Å². The molecule has 1 fully saturated rings. The first-order valence-corrected chi connectivity index (χ1v) is 11.7. The summed E-state index contributed by atoms with van der Waals surface area (Å²) in [6.45, 7) is 8.61. The summed E-state index contributed by atoms with van der Waals surface area (Å²) < 4.78 is 0.739. The lowest BCUT2D eigenvalue weighted by Gasteiger charge is -2.34. The minimum atomic E-state index is -0.358. The number of hydrogen-bond acceptors (Lipinski definition) is 5. The average molecular weight is 499 g/mol. The Bertz CT molecular complexity index is 1020. The third-order valence-electron chi connectivity index (χ3n) is 6.05. The van der Waals surface area contributed by atoms with Crippen molar-refractivity contribution in [2.75, 3.05) is 44.6 Å². The van der Waals surface area contributed by atoms with Crippen molar-refractivity contribution in [1.82, 2.24) is 14.7 Å². The maximum absolute atomic E-state index is 12.5. The fourth-order valence-electron chi connectivity index (χ4n) is 4.12. The molecule has 1 N–H and O–H groups in total. The highest BCUT2D eigenvalue weighted by Gasteiger charge is 2.35. The number of benzene rings is 2. The minimum Gasteiger partial charge on any atom is -0.326 e. The van der Waals surface area contributed by atoms with Gasteiger partial charge in [0, 0.05) is 55.8 Å². The molecule has 8 heteroatoms. The van der Waals surface area contributed by atoms with E-state index in [4.69, 9.17) is 0 Å². The first kappa shape index (κ1) is 22.6. The van der Waals surface area contributed by atoms with Crippen LogP contribution < -0.4 is 5.32 Å². The van der Waals surface area contributed by atoms with Gasteiger partial charge in [0.05, 0.1) is 11.1 Å². The predicted molar refractivity (Wildman–Crippen MR) is 127 cm³/mol. The van der Waals surface area contributed by atoms with Crippen LogP contribution in [0.4, 0.5) is 5.69 Å². The van der Waals surface area contributed by atoms with Gasteiger partial charge in [0.2, 0.25) is 5.91 Å². The first-order valence-electron chi connectivity index (χ1n) is 10.9. The Morgan fingerprint density at radius 3 is 2.28 bits per heavy atom. The van der Waals surface area contributed by atoms with Crippen LogP contribution in [-0.2, 0) is 11.3 Å². The Morgan fingerprint density at radius 1 is 0.938 bits per heavy atom. The molecule has 7 nitrogen and oxygen atoms in total. The lowest BCUT2D eigenvalue weighted by atomic mass is 10.1. The molecule has 0 bridgehead atoms. The summed E-state index contributed by atoms with van der Waals surface area (Å²) in [4.78, 5) is 43.4. The molecule has 2 aliphatic heterocycles. The molecule has 1 saturated heterocycles. The van der Waals surface area contributed by atoms with E-state index in [0.717, 1.165) is 48.6 Å². The van der Waals surface area contributed by atoms with E-state index in [1.165, 1.54) is 5.56 Å². The molecule has 0 saturated carbocycles. The molecular weight excluding hydrogens is 472 g/mol. The Hall–Kier alpha value is -2.55. The molecule has 0 unspecified atom stereocenters. The first-order chi connectivity index (χ1) is 15.4. The molecule has 0 spiro atoms. The molecule has 168 valence electrons. The Morgan fingerprint density at radius 2 is 1.59 bits per heavy atom. The number of anilines is 1. The Balaban J connectivity index is 1.26. The molecule has 0 atom stereocenters. The van der Waals surface area contributed by atoms with Gasteiger partial charge in [-0.25, -0.2) is 0 Å². The van der Waals surface area contributed by atoms with Crippen molar-refractivity contribution >= 4 is 39.3 Å². The summed E-state index contributed by atoms with van der Waals surface area (Å²) in [5, 5.41) is 2.85. The number of carbonyl (C=O) groups is 3. The maximum Gasteiger partial charge on any atom is 0.261 e. The highest BCUT2D eigenvalue weighted by Crippen LogP contribution is 2.26. The molecule has 0 aliphatic carbocycles. The number of imide groups is 1. The molecular formula is C24H27BrN4O3. The van der Waals surface area contributed by atoms with Gasteiger partial charge in [-0.05, 0) is 42.4 Å². The highest BCUT2D eigenvalue weighted by atomic mass is 79.9. The van der Waals surface area contributed by atoms with E-state index >= 15 is 0 Å². The second-order valence-corrected chi connectivity index (χ2v) is 9.07. The highest BCUT2D eigenvalue weighted by molar-refractivity contribution is 9.10. The van der Waals surface area contributed by atoms with Gasteiger partial charge in [0.1, 0.15) is 0 Å². The third-order valence-corrected chi connectivity index (χ3v) is 6.54. The lowest BCUT2D eigenvalue weighted by Crippen LogP contribution is -2.45. The number of nitrogens with one attached hydrogen (secondary N) is 1. The fraction of sp³-hybridized carbons (Fsp3) is 0.375. The van der Waals surface area contributed by atoms with Crippen LogP contribution in [0.5, 0.6) is 0 Å². The van der Waals surface area contributed by atoms with Gasteiger partial charge in [0.15, 0.2) is 0 Å². The summed E-state index contributed by atoms with van der Waals surface area (Å²) in [5.74, 6) is -0.941. The van der Waals surface area contributed by atoms with Crippen LogP contribution in [0.3, 0.4) is 0 Å². The van der Waals surface area contributed by atoms with E-state index in [1.54, 1.807) is 18.2 Å². The quantitative estimate of drug-likeness (QED) is 0.593. The summed E-state index contributed by atoms with van der Waals surface area (Å²) in [6.07, 6.45) is 0.0517. The van der Waals surface area contributed by atoms with E-state index in [9.17, 15) is 14.4 Å². The number of likely N-dealkylation sites (N-methyl/N-ethyl adjacent to an activating group) is 1. The summed E-state index contributed by atoms with van der Waals surface area (Å²) in [6, 6.07) is 12.9. The zero-order valence-corrected chi connectivity index (χ0v) is 19.7. The van der Waals surface area contributed by atoms with Gasteiger partial charge in [0.25, 0.3) is 11.8 Å². The van der Waals surface area contributed by atoms with E-state index in [1.807, 2.05) is 24.3 Å². The number of fused-ring (bicyclic) bond motifs is 1. The van der Waals surface area contributed by atoms with Crippen LogP contribution in [0.15, 0.2) is 46.9 Å². The standard InChI is InChI=1S/C24H27BrN4O3/c1-2-27-11-13-28(14-12-27)16-17-3-6-19(7-4-17)26-22(30)9-10-29-23(31)20-8-5-18(25)15-21(20)24(29)32/h3-8,15H,2,9-14,16H2,1H3,(H,26,30). The van der Waals surface area contributed by atoms with E-state index < -0.39 is 0 Å². The average Bonchev–Trinajstić information content (AvgIpc) is 3.03. The van der Waals surface area contributed by atoms with Crippen molar-refractivity contribution in [1.29, 1.82) is 0 Å². The monoisotopic (exact) mass is 498 g/mol. The van der Waals surface area contributed by atoms with Gasteiger partial charge in [-0.15, -0.1) is 0 Å². The van der Waals surface area contributed by atoms with E-state index in [-0.39, 0.29) is 30.7 Å². The van der Waals surface area contributed by atoms with Crippen LogP contribution in [0.1, 0.15) is 39.6 Å². The number of rotatable bonds is 7. The van der Waals surface area contributed by atoms with Crippen LogP contribution in [0, 0.1) is 0 Å². The van der Waals surface area contributed by atoms with Gasteiger partial charge in [-0.2, -0.15) is 0 Å². The van der Waals surface area contributed by atoms with Crippen molar-refractivity contribution in [3.63, 3.8) is 0 Å². The molecule has 2 aromatic carbocycles. The summed E-state index contributed by atoms with van der Waals surface area (Å²) in [7, 11) is 0. The van der Waals surface area contributed by atoms with Crippen molar-refractivity contribution in [2.45, 2.75) is 19.9 Å². The zero-order valence-electron chi connectivity index (χ0n) is 18.1. The molecule has 3 amide bonds. The number of hydrogen-bond donors (Lipinski definition) is 1. The second-order valence-electron chi connectivity index (χ2n) is 8.16. The number of carbonyl (C=O) groups excluding carboxylic acids is 3. The van der Waals surface area contributed by atoms with Crippen LogP contribution in [-0.4, -0.2) is 71.7 Å².